The highest BCUT2D eigenvalue weighted by Gasteiger charge is 2.27. The molecule has 15 heavy (non-hydrogen) atoms. The van der Waals surface area contributed by atoms with Crippen LogP contribution in [0.2, 0.25) is 0 Å². The Kier molecular flexibility index (Phi) is 2.76. The van der Waals surface area contributed by atoms with Crippen molar-refractivity contribution in [3.8, 4) is 0 Å². The van der Waals surface area contributed by atoms with Crippen LogP contribution in [0, 0.1) is 5.92 Å². The molecule has 1 aromatic rings. The first-order chi connectivity index (χ1) is 7.18. The van der Waals surface area contributed by atoms with Crippen LogP contribution in [0.15, 0.2) is 24.3 Å². The van der Waals surface area contributed by atoms with E-state index in [1.54, 1.807) is 0 Å². The van der Waals surface area contributed by atoms with Crippen LogP contribution in [0.1, 0.15) is 36.8 Å². The molecule has 0 radical (unpaired) electrons. The molecular weight excluding hydrogens is 188 g/mol. The second-order valence-corrected chi connectivity index (χ2v) is 4.42. The Hall–Kier alpha value is -1.31. The van der Waals surface area contributed by atoms with Crippen molar-refractivity contribution in [2.45, 2.75) is 32.1 Å². The van der Waals surface area contributed by atoms with Gasteiger partial charge in [0.1, 0.15) is 0 Å². The van der Waals surface area contributed by atoms with Crippen molar-refractivity contribution in [2.24, 2.45) is 5.92 Å². The number of aliphatic carboxylic acids is 1. The van der Waals surface area contributed by atoms with E-state index in [9.17, 15) is 4.79 Å². The summed E-state index contributed by atoms with van der Waals surface area (Å²) in [7, 11) is 0. The Morgan fingerprint density at radius 2 is 2.20 bits per heavy atom. The van der Waals surface area contributed by atoms with Crippen molar-refractivity contribution < 1.29 is 9.90 Å². The summed E-state index contributed by atoms with van der Waals surface area (Å²) >= 11 is 0. The van der Waals surface area contributed by atoms with Gasteiger partial charge in [0.15, 0.2) is 0 Å². The predicted octanol–water partition coefficient (Wildman–Crippen LogP) is 2.83. The van der Waals surface area contributed by atoms with Gasteiger partial charge in [-0.15, -0.1) is 0 Å². The summed E-state index contributed by atoms with van der Waals surface area (Å²) in [5.74, 6) is -0.00740. The van der Waals surface area contributed by atoms with Gasteiger partial charge in [-0.25, -0.2) is 0 Å². The fourth-order valence-electron chi connectivity index (χ4n) is 2.51. The largest absolute Gasteiger partial charge is 0.481 e. The second-order valence-electron chi connectivity index (χ2n) is 4.42. The molecule has 2 rings (SSSR count). The average Bonchev–Trinajstić information content (AvgIpc) is 2.22. The maximum atomic E-state index is 10.8. The van der Waals surface area contributed by atoms with E-state index in [1.807, 2.05) is 12.1 Å². The van der Waals surface area contributed by atoms with Gasteiger partial charge in [0, 0.05) is 0 Å². The lowest BCUT2D eigenvalue weighted by atomic mass is 9.74. The number of hydrogen-bond donors (Lipinski definition) is 1. The maximum Gasteiger partial charge on any atom is 0.303 e. The zero-order valence-corrected chi connectivity index (χ0v) is 8.94. The predicted molar refractivity (Wildman–Crippen MR) is 58.9 cm³/mol. The van der Waals surface area contributed by atoms with E-state index in [4.69, 9.17) is 5.11 Å². The maximum absolute atomic E-state index is 10.8. The first-order valence-corrected chi connectivity index (χ1v) is 5.48. The fourth-order valence-corrected chi connectivity index (χ4v) is 2.51. The van der Waals surface area contributed by atoms with Crippen molar-refractivity contribution in [1.29, 1.82) is 0 Å². The summed E-state index contributed by atoms with van der Waals surface area (Å²) in [5, 5.41) is 8.91. The van der Waals surface area contributed by atoms with Gasteiger partial charge in [0.25, 0.3) is 0 Å². The van der Waals surface area contributed by atoms with Gasteiger partial charge in [-0.3, -0.25) is 4.79 Å². The standard InChI is InChI=1S/C13H16O2/c1-9-6-7-10-4-2-3-5-11(10)12(9)8-13(14)15/h2-5,9,12H,6-8H2,1H3,(H,14,15). The molecule has 0 saturated carbocycles. The molecule has 0 bridgehead atoms. The minimum Gasteiger partial charge on any atom is -0.481 e. The Morgan fingerprint density at radius 1 is 1.47 bits per heavy atom. The molecule has 80 valence electrons. The van der Waals surface area contributed by atoms with Crippen LogP contribution in [-0.2, 0) is 11.2 Å². The van der Waals surface area contributed by atoms with Crippen LogP contribution in [0.5, 0.6) is 0 Å². The van der Waals surface area contributed by atoms with Crippen molar-refractivity contribution in [3.63, 3.8) is 0 Å². The highest BCUT2D eigenvalue weighted by Crippen LogP contribution is 2.37. The Labute approximate surface area is 89.9 Å². The Bertz CT molecular complexity index is 371. The quantitative estimate of drug-likeness (QED) is 0.804. The van der Waals surface area contributed by atoms with Gasteiger partial charge in [-0.05, 0) is 35.8 Å². The highest BCUT2D eigenvalue weighted by molar-refractivity contribution is 5.68. The minimum atomic E-state index is -0.691. The third-order valence-corrected chi connectivity index (χ3v) is 3.41. The van der Waals surface area contributed by atoms with Gasteiger partial charge >= 0.3 is 5.97 Å². The van der Waals surface area contributed by atoms with E-state index in [0.717, 1.165) is 12.8 Å². The molecule has 1 N–H and O–H groups in total. The molecule has 1 aliphatic rings. The monoisotopic (exact) mass is 204 g/mol. The Morgan fingerprint density at radius 3 is 2.93 bits per heavy atom. The van der Waals surface area contributed by atoms with E-state index < -0.39 is 5.97 Å². The molecule has 0 spiro atoms. The first kappa shape index (κ1) is 10.2. The van der Waals surface area contributed by atoms with Crippen molar-refractivity contribution in [3.05, 3.63) is 35.4 Å². The van der Waals surface area contributed by atoms with Crippen LogP contribution in [0.25, 0.3) is 0 Å². The molecule has 0 saturated heterocycles. The van der Waals surface area contributed by atoms with Crippen LogP contribution in [-0.4, -0.2) is 11.1 Å². The number of aryl methyl sites for hydroxylation is 1. The van der Waals surface area contributed by atoms with E-state index in [0.29, 0.717) is 5.92 Å². The molecule has 2 atom stereocenters. The van der Waals surface area contributed by atoms with Gasteiger partial charge in [0.05, 0.1) is 6.42 Å². The molecule has 2 heteroatoms. The number of carbonyl (C=O) groups is 1. The molecule has 0 aliphatic heterocycles. The summed E-state index contributed by atoms with van der Waals surface area (Å²) in [6, 6.07) is 8.24. The lowest BCUT2D eigenvalue weighted by Gasteiger charge is -2.30. The van der Waals surface area contributed by atoms with E-state index in [-0.39, 0.29) is 12.3 Å². The van der Waals surface area contributed by atoms with Crippen LogP contribution >= 0.6 is 0 Å². The summed E-state index contributed by atoms with van der Waals surface area (Å²) in [6.07, 6.45) is 2.46. The first-order valence-electron chi connectivity index (χ1n) is 5.48. The van der Waals surface area contributed by atoms with Gasteiger partial charge in [-0.2, -0.15) is 0 Å². The van der Waals surface area contributed by atoms with E-state index >= 15 is 0 Å². The Balaban J connectivity index is 2.32. The molecule has 1 aromatic carbocycles. The van der Waals surface area contributed by atoms with Crippen molar-refractivity contribution >= 4 is 5.97 Å². The molecule has 2 unspecified atom stereocenters. The third-order valence-electron chi connectivity index (χ3n) is 3.41. The number of benzene rings is 1. The van der Waals surface area contributed by atoms with Gasteiger partial charge in [0.2, 0.25) is 0 Å². The third kappa shape index (κ3) is 2.04. The molecule has 0 amide bonds. The SMILES string of the molecule is CC1CCc2ccccc2C1CC(=O)O. The zero-order chi connectivity index (χ0) is 10.8. The van der Waals surface area contributed by atoms with Crippen LogP contribution < -0.4 is 0 Å². The molecule has 0 heterocycles. The van der Waals surface area contributed by atoms with Crippen LogP contribution in [0.4, 0.5) is 0 Å². The summed E-state index contributed by atoms with van der Waals surface area (Å²) < 4.78 is 0. The van der Waals surface area contributed by atoms with E-state index in [2.05, 4.69) is 19.1 Å². The highest BCUT2D eigenvalue weighted by atomic mass is 16.4. The summed E-state index contributed by atoms with van der Waals surface area (Å²) in [6.45, 7) is 2.16. The molecule has 0 aromatic heterocycles. The second kappa shape index (κ2) is 4.05. The molecule has 1 aliphatic carbocycles. The van der Waals surface area contributed by atoms with E-state index in [1.165, 1.54) is 11.1 Å². The number of carboxylic acids is 1. The minimum absolute atomic E-state index is 0.201. The molecular formula is C13H16O2. The summed E-state index contributed by atoms with van der Waals surface area (Å²) in [4.78, 5) is 10.8. The fraction of sp³-hybridized carbons (Fsp3) is 0.462. The molecule has 0 fully saturated rings. The summed E-state index contributed by atoms with van der Waals surface area (Å²) in [5.41, 5.74) is 2.58. The van der Waals surface area contributed by atoms with Crippen LogP contribution in [0.3, 0.4) is 0 Å². The number of hydrogen-bond acceptors (Lipinski definition) is 1. The zero-order valence-electron chi connectivity index (χ0n) is 8.94. The lowest BCUT2D eigenvalue weighted by molar-refractivity contribution is -0.137. The normalized spacial score (nSPS) is 24.6. The van der Waals surface area contributed by atoms with Crippen molar-refractivity contribution in [1.82, 2.24) is 0 Å². The average molecular weight is 204 g/mol. The smallest absolute Gasteiger partial charge is 0.303 e. The molecule has 2 nitrogen and oxygen atoms in total. The van der Waals surface area contributed by atoms with Crippen molar-refractivity contribution in [2.75, 3.05) is 0 Å². The number of fused-ring (bicyclic) bond motifs is 1. The van der Waals surface area contributed by atoms with Gasteiger partial charge in [-0.1, -0.05) is 31.2 Å². The number of rotatable bonds is 2. The number of carboxylic acid groups (broad SMARTS) is 1. The lowest BCUT2D eigenvalue weighted by Crippen LogP contribution is -2.20. The topological polar surface area (TPSA) is 37.3 Å². The van der Waals surface area contributed by atoms with Gasteiger partial charge < -0.3 is 5.11 Å².